The number of hydrogen-bond donors (Lipinski definition) is 2. The van der Waals surface area contributed by atoms with E-state index in [0.29, 0.717) is 5.69 Å². The number of nitrogens with two attached hydrogens (primary N) is 1. The molecular weight excluding hydrogens is 228 g/mol. The molecule has 1 aromatic carbocycles. The van der Waals surface area contributed by atoms with Gasteiger partial charge in [-0.1, -0.05) is 19.3 Å². The number of nitrogen functional groups attached to an aromatic ring is 1. The van der Waals surface area contributed by atoms with Crippen LogP contribution < -0.4 is 11.1 Å². The molecule has 1 aliphatic carbocycles. The Balaban J connectivity index is 1.73. The largest absolute Gasteiger partial charge is 0.399 e. The number of rotatable bonds is 4. The Labute approximate surface area is 108 Å². The van der Waals surface area contributed by atoms with Crippen molar-refractivity contribution in [2.45, 2.75) is 38.2 Å². The quantitative estimate of drug-likeness (QED) is 0.805. The molecule has 0 saturated heterocycles. The van der Waals surface area contributed by atoms with E-state index < -0.39 is 0 Å². The molecule has 4 heteroatoms. The molecule has 0 aromatic heterocycles. The maximum atomic E-state index is 11.7. The van der Waals surface area contributed by atoms with Crippen molar-refractivity contribution in [1.29, 1.82) is 0 Å². The van der Waals surface area contributed by atoms with Gasteiger partial charge in [-0.2, -0.15) is 0 Å². The van der Waals surface area contributed by atoms with E-state index in [0.717, 1.165) is 18.5 Å². The van der Waals surface area contributed by atoms with E-state index in [1.54, 1.807) is 24.3 Å². The van der Waals surface area contributed by atoms with Crippen LogP contribution in [-0.2, 0) is 9.53 Å². The van der Waals surface area contributed by atoms with Crippen molar-refractivity contribution < 1.29 is 9.53 Å². The lowest BCUT2D eigenvalue weighted by Crippen LogP contribution is -2.24. The smallest absolute Gasteiger partial charge is 0.250 e. The van der Waals surface area contributed by atoms with E-state index in [1.807, 2.05) is 0 Å². The second-order valence-electron chi connectivity index (χ2n) is 4.74. The molecule has 1 aliphatic rings. The first-order chi connectivity index (χ1) is 8.74. The van der Waals surface area contributed by atoms with Gasteiger partial charge in [-0.25, -0.2) is 0 Å². The fourth-order valence-electron chi connectivity index (χ4n) is 2.19. The zero-order valence-electron chi connectivity index (χ0n) is 10.5. The molecule has 2 rings (SSSR count). The molecule has 0 unspecified atom stereocenters. The molecule has 18 heavy (non-hydrogen) atoms. The molecule has 0 spiro atoms. The minimum Gasteiger partial charge on any atom is -0.399 e. The molecule has 0 aliphatic heterocycles. The molecule has 1 amide bonds. The van der Waals surface area contributed by atoms with E-state index >= 15 is 0 Å². The summed E-state index contributed by atoms with van der Waals surface area (Å²) in [5.41, 5.74) is 7.01. The van der Waals surface area contributed by atoms with Gasteiger partial charge in [0.15, 0.2) is 0 Å². The average Bonchev–Trinajstić information content (AvgIpc) is 2.40. The fourth-order valence-corrected chi connectivity index (χ4v) is 2.19. The molecule has 0 bridgehead atoms. The molecule has 1 fully saturated rings. The summed E-state index contributed by atoms with van der Waals surface area (Å²) < 4.78 is 5.60. The van der Waals surface area contributed by atoms with E-state index in [9.17, 15) is 4.79 Å². The van der Waals surface area contributed by atoms with Gasteiger partial charge in [0.05, 0.1) is 6.10 Å². The van der Waals surface area contributed by atoms with Crippen molar-refractivity contribution in [3.05, 3.63) is 24.3 Å². The van der Waals surface area contributed by atoms with Crippen molar-refractivity contribution >= 4 is 17.3 Å². The van der Waals surface area contributed by atoms with Crippen LogP contribution in [0.15, 0.2) is 24.3 Å². The third kappa shape index (κ3) is 4.04. The fraction of sp³-hybridized carbons (Fsp3) is 0.500. The lowest BCUT2D eigenvalue weighted by Gasteiger charge is -2.21. The average molecular weight is 248 g/mol. The van der Waals surface area contributed by atoms with Gasteiger partial charge in [-0.15, -0.1) is 0 Å². The molecular formula is C14H20N2O2. The molecule has 0 heterocycles. The van der Waals surface area contributed by atoms with Crippen LogP contribution in [0.1, 0.15) is 32.1 Å². The zero-order valence-corrected chi connectivity index (χ0v) is 10.5. The first-order valence-corrected chi connectivity index (χ1v) is 6.51. The number of hydrogen-bond acceptors (Lipinski definition) is 3. The summed E-state index contributed by atoms with van der Waals surface area (Å²) in [7, 11) is 0. The summed E-state index contributed by atoms with van der Waals surface area (Å²) in [6.45, 7) is 0.134. The summed E-state index contributed by atoms with van der Waals surface area (Å²) >= 11 is 0. The highest BCUT2D eigenvalue weighted by atomic mass is 16.5. The first kappa shape index (κ1) is 12.9. The summed E-state index contributed by atoms with van der Waals surface area (Å²) in [5, 5.41) is 2.79. The SMILES string of the molecule is Nc1ccc(NC(=O)COC2CCCCC2)cc1. The van der Waals surface area contributed by atoms with E-state index in [4.69, 9.17) is 10.5 Å². The molecule has 98 valence electrons. The lowest BCUT2D eigenvalue weighted by atomic mass is 9.98. The van der Waals surface area contributed by atoms with Crippen LogP contribution >= 0.6 is 0 Å². The van der Waals surface area contributed by atoms with Gasteiger partial charge in [0.2, 0.25) is 5.91 Å². The second-order valence-corrected chi connectivity index (χ2v) is 4.74. The Kier molecular flexibility index (Phi) is 4.59. The number of ether oxygens (including phenoxy) is 1. The van der Waals surface area contributed by atoms with Crippen molar-refractivity contribution in [2.24, 2.45) is 0 Å². The van der Waals surface area contributed by atoms with E-state index in [2.05, 4.69) is 5.32 Å². The molecule has 3 N–H and O–H groups in total. The highest BCUT2D eigenvalue weighted by Crippen LogP contribution is 2.20. The third-order valence-electron chi connectivity index (χ3n) is 3.20. The van der Waals surface area contributed by atoms with Crippen molar-refractivity contribution in [3.63, 3.8) is 0 Å². The van der Waals surface area contributed by atoms with Crippen molar-refractivity contribution in [3.8, 4) is 0 Å². The normalized spacial score (nSPS) is 16.4. The van der Waals surface area contributed by atoms with Crippen LogP contribution in [0.25, 0.3) is 0 Å². The van der Waals surface area contributed by atoms with Crippen LogP contribution in [-0.4, -0.2) is 18.6 Å². The zero-order chi connectivity index (χ0) is 12.8. The molecule has 1 aromatic rings. The summed E-state index contributed by atoms with van der Waals surface area (Å²) in [6.07, 6.45) is 6.13. The maximum Gasteiger partial charge on any atom is 0.250 e. The molecule has 0 atom stereocenters. The lowest BCUT2D eigenvalue weighted by molar-refractivity contribution is -0.123. The molecule has 1 saturated carbocycles. The minimum atomic E-state index is -0.106. The predicted octanol–water partition coefficient (Wildman–Crippen LogP) is 2.56. The van der Waals surface area contributed by atoms with Gasteiger partial charge in [-0.05, 0) is 37.1 Å². The summed E-state index contributed by atoms with van der Waals surface area (Å²) in [6, 6.07) is 7.09. The maximum absolute atomic E-state index is 11.7. The Morgan fingerprint density at radius 1 is 1.22 bits per heavy atom. The molecule has 0 radical (unpaired) electrons. The highest BCUT2D eigenvalue weighted by molar-refractivity contribution is 5.91. The van der Waals surface area contributed by atoms with E-state index in [-0.39, 0.29) is 18.6 Å². The number of nitrogens with one attached hydrogen (secondary N) is 1. The van der Waals surface area contributed by atoms with Gasteiger partial charge < -0.3 is 15.8 Å². The minimum absolute atomic E-state index is 0.106. The second kappa shape index (κ2) is 6.40. The van der Waals surface area contributed by atoms with Gasteiger partial charge in [0.25, 0.3) is 0 Å². The monoisotopic (exact) mass is 248 g/mol. The Bertz CT molecular complexity index is 383. The van der Waals surface area contributed by atoms with Crippen LogP contribution in [0.5, 0.6) is 0 Å². The van der Waals surface area contributed by atoms with Gasteiger partial charge in [-0.3, -0.25) is 4.79 Å². The standard InChI is InChI=1S/C14H20N2O2/c15-11-6-8-12(9-7-11)16-14(17)10-18-13-4-2-1-3-5-13/h6-9,13H,1-5,10,15H2,(H,16,17). The topological polar surface area (TPSA) is 64.3 Å². The highest BCUT2D eigenvalue weighted by Gasteiger charge is 2.15. The van der Waals surface area contributed by atoms with Crippen LogP contribution in [0.3, 0.4) is 0 Å². The first-order valence-electron chi connectivity index (χ1n) is 6.51. The molecule has 4 nitrogen and oxygen atoms in total. The number of benzene rings is 1. The number of carbonyl (C=O) groups is 1. The van der Waals surface area contributed by atoms with E-state index in [1.165, 1.54) is 19.3 Å². The van der Waals surface area contributed by atoms with Gasteiger partial charge >= 0.3 is 0 Å². The number of carbonyl (C=O) groups excluding carboxylic acids is 1. The summed E-state index contributed by atoms with van der Waals surface area (Å²) in [5.74, 6) is -0.106. The summed E-state index contributed by atoms with van der Waals surface area (Å²) in [4.78, 5) is 11.7. The van der Waals surface area contributed by atoms with Crippen molar-refractivity contribution in [2.75, 3.05) is 17.7 Å². The van der Waals surface area contributed by atoms with Gasteiger partial charge in [0, 0.05) is 11.4 Å². The van der Waals surface area contributed by atoms with Crippen LogP contribution in [0.4, 0.5) is 11.4 Å². The Morgan fingerprint density at radius 3 is 2.56 bits per heavy atom. The third-order valence-corrected chi connectivity index (χ3v) is 3.20. The Morgan fingerprint density at radius 2 is 1.89 bits per heavy atom. The van der Waals surface area contributed by atoms with Crippen molar-refractivity contribution in [1.82, 2.24) is 0 Å². The number of amides is 1. The number of anilines is 2. The van der Waals surface area contributed by atoms with Gasteiger partial charge in [0.1, 0.15) is 6.61 Å². The Hall–Kier alpha value is -1.55. The van der Waals surface area contributed by atoms with Crippen LogP contribution in [0.2, 0.25) is 0 Å². The predicted molar refractivity (Wildman–Crippen MR) is 72.3 cm³/mol. The van der Waals surface area contributed by atoms with Crippen LogP contribution in [0, 0.1) is 0 Å².